The molecule has 0 saturated carbocycles. The van der Waals surface area contributed by atoms with Crippen LogP contribution in [0.4, 0.5) is 0 Å². The summed E-state index contributed by atoms with van der Waals surface area (Å²) in [4.78, 5) is 0. The molecule has 0 bridgehead atoms. The Labute approximate surface area is 102 Å². The standard InChI is InChI=1S/C13H17ClO2/c1-9(2)6-7-16-13-5-4-11(10(3)15)8-12(13)14/h4-6,8,10,15H,7H2,1-3H3/t10-/m0/s1. The molecule has 0 fully saturated rings. The summed E-state index contributed by atoms with van der Waals surface area (Å²) < 4.78 is 5.49. The lowest BCUT2D eigenvalue weighted by Gasteiger charge is -2.09. The van der Waals surface area contributed by atoms with E-state index in [-0.39, 0.29) is 0 Å². The normalized spacial score (nSPS) is 12.1. The molecule has 0 aromatic heterocycles. The third-order valence-electron chi connectivity index (χ3n) is 2.17. The topological polar surface area (TPSA) is 29.5 Å². The molecule has 0 aliphatic rings. The number of benzene rings is 1. The van der Waals surface area contributed by atoms with Gasteiger partial charge in [0.1, 0.15) is 12.4 Å². The van der Waals surface area contributed by atoms with Crippen molar-refractivity contribution < 1.29 is 9.84 Å². The van der Waals surface area contributed by atoms with E-state index >= 15 is 0 Å². The van der Waals surface area contributed by atoms with Crippen molar-refractivity contribution in [2.75, 3.05) is 6.61 Å². The number of hydrogen-bond donors (Lipinski definition) is 1. The molecule has 0 amide bonds. The van der Waals surface area contributed by atoms with Crippen molar-refractivity contribution >= 4 is 11.6 Å². The van der Waals surface area contributed by atoms with Crippen molar-refractivity contribution in [2.24, 2.45) is 0 Å². The summed E-state index contributed by atoms with van der Waals surface area (Å²) in [5, 5.41) is 9.91. The average Bonchev–Trinajstić information content (AvgIpc) is 2.19. The van der Waals surface area contributed by atoms with E-state index in [1.165, 1.54) is 5.57 Å². The highest BCUT2D eigenvalue weighted by atomic mass is 35.5. The first-order valence-electron chi connectivity index (χ1n) is 5.24. The molecule has 3 heteroatoms. The molecule has 0 aliphatic carbocycles. The largest absolute Gasteiger partial charge is 0.488 e. The highest BCUT2D eigenvalue weighted by Gasteiger charge is 2.05. The molecule has 0 spiro atoms. The van der Waals surface area contributed by atoms with Crippen LogP contribution < -0.4 is 4.74 Å². The number of aliphatic hydroxyl groups excluding tert-OH is 1. The summed E-state index contributed by atoms with van der Waals surface area (Å²) in [5.74, 6) is 0.642. The minimum atomic E-state index is -0.510. The summed E-state index contributed by atoms with van der Waals surface area (Å²) in [6, 6.07) is 5.32. The van der Waals surface area contributed by atoms with Crippen molar-refractivity contribution in [1.82, 2.24) is 0 Å². The fraction of sp³-hybridized carbons (Fsp3) is 0.385. The highest BCUT2D eigenvalue weighted by Crippen LogP contribution is 2.27. The van der Waals surface area contributed by atoms with Gasteiger partial charge in [0.05, 0.1) is 11.1 Å². The van der Waals surface area contributed by atoms with Crippen LogP contribution in [0.25, 0.3) is 0 Å². The van der Waals surface area contributed by atoms with Gasteiger partial charge in [0, 0.05) is 0 Å². The lowest BCUT2D eigenvalue weighted by molar-refractivity contribution is 0.199. The first-order valence-corrected chi connectivity index (χ1v) is 5.62. The van der Waals surface area contributed by atoms with Crippen molar-refractivity contribution in [3.8, 4) is 5.75 Å². The molecule has 1 aromatic rings. The van der Waals surface area contributed by atoms with Crippen LogP contribution in [0.5, 0.6) is 5.75 Å². The number of aliphatic hydroxyl groups is 1. The van der Waals surface area contributed by atoms with E-state index < -0.39 is 6.10 Å². The minimum absolute atomic E-state index is 0.510. The third-order valence-corrected chi connectivity index (χ3v) is 2.46. The quantitative estimate of drug-likeness (QED) is 0.813. The van der Waals surface area contributed by atoms with E-state index in [0.29, 0.717) is 17.4 Å². The van der Waals surface area contributed by atoms with Crippen LogP contribution in [-0.4, -0.2) is 11.7 Å². The van der Waals surface area contributed by atoms with Crippen LogP contribution in [0.2, 0.25) is 5.02 Å². The van der Waals surface area contributed by atoms with Crippen LogP contribution in [0, 0.1) is 0 Å². The molecule has 0 saturated heterocycles. The predicted octanol–water partition coefficient (Wildman–Crippen LogP) is 3.74. The first-order chi connectivity index (χ1) is 7.50. The number of rotatable bonds is 4. The second kappa shape index (κ2) is 5.92. The molecule has 0 unspecified atom stereocenters. The fourth-order valence-electron chi connectivity index (χ4n) is 1.19. The molecule has 1 aromatic carbocycles. The van der Waals surface area contributed by atoms with Gasteiger partial charge in [-0.3, -0.25) is 0 Å². The molecule has 0 heterocycles. The molecular weight excluding hydrogens is 224 g/mol. The molecular formula is C13H17ClO2. The van der Waals surface area contributed by atoms with Crippen LogP contribution in [0.1, 0.15) is 32.4 Å². The molecule has 1 N–H and O–H groups in total. The summed E-state index contributed by atoms with van der Waals surface area (Å²) in [6.07, 6.45) is 1.48. The van der Waals surface area contributed by atoms with Gasteiger partial charge >= 0.3 is 0 Å². The monoisotopic (exact) mass is 240 g/mol. The van der Waals surface area contributed by atoms with E-state index in [9.17, 15) is 5.11 Å². The molecule has 0 aliphatic heterocycles. The Kier molecular flexibility index (Phi) is 4.84. The summed E-state index contributed by atoms with van der Waals surface area (Å²) in [6.45, 7) is 6.24. The Balaban J connectivity index is 2.72. The second-order valence-electron chi connectivity index (χ2n) is 3.96. The van der Waals surface area contributed by atoms with Gasteiger partial charge in [0.2, 0.25) is 0 Å². The third kappa shape index (κ3) is 3.87. The average molecular weight is 241 g/mol. The van der Waals surface area contributed by atoms with Crippen LogP contribution >= 0.6 is 11.6 Å². The molecule has 16 heavy (non-hydrogen) atoms. The minimum Gasteiger partial charge on any atom is -0.488 e. The predicted molar refractivity (Wildman–Crippen MR) is 67.0 cm³/mol. The summed E-state index contributed by atoms with van der Waals surface area (Å²) >= 11 is 6.03. The molecule has 88 valence electrons. The molecule has 2 nitrogen and oxygen atoms in total. The van der Waals surface area contributed by atoms with E-state index in [0.717, 1.165) is 5.56 Å². The lowest BCUT2D eigenvalue weighted by atomic mass is 10.1. The van der Waals surface area contributed by atoms with Gasteiger partial charge in [-0.25, -0.2) is 0 Å². The Morgan fingerprint density at radius 3 is 2.69 bits per heavy atom. The SMILES string of the molecule is CC(C)=CCOc1ccc([C@H](C)O)cc1Cl. The van der Waals surface area contributed by atoms with Gasteiger partial charge in [-0.2, -0.15) is 0 Å². The maximum Gasteiger partial charge on any atom is 0.138 e. The Bertz CT molecular complexity index is 380. The van der Waals surface area contributed by atoms with Crippen molar-refractivity contribution in [2.45, 2.75) is 26.9 Å². The zero-order valence-corrected chi connectivity index (χ0v) is 10.6. The van der Waals surface area contributed by atoms with Gasteiger partial charge < -0.3 is 9.84 Å². The van der Waals surface area contributed by atoms with Crippen LogP contribution in [0.15, 0.2) is 29.8 Å². The zero-order valence-electron chi connectivity index (χ0n) is 9.83. The molecule has 0 radical (unpaired) electrons. The Morgan fingerprint density at radius 1 is 1.50 bits per heavy atom. The summed E-state index contributed by atoms with van der Waals surface area (Å²) in [7, 11) is 0. The molecule has 1 rings (SSSR count). The summed E-state index contributed by atoms with van der Waals surface area (Å²) in [5.41, 5.74) is 2.00. The number of halogens is 1. The van der Waals surface area contributed by atoms with Crippen LogP contribution in [-0.2, 0) is 0 Å². The number of hydrogen-bond acceptors (Lipinski definition) is 2. The Hall–Kier alpha value is -0.990. The van der Waals surface area contributed by atoms with Crippen molar-refractivity contribution in [1.29, 1.82) is 0 Å². The van der Waals surface area contributed by atoms with Gasteiger partial charge in [-0.15, -0.1) is 0 Å². The lowest BCUT2D eigenvalue weighted by Crippen LogP contribution is -1.96. The van der Waals surface area contributed by atoms with E-state index in [2.05, 4.69) is 0 Å². The van der Waals surface area contributed by atoms with Gasteiger partial charge in [-0.05, 0) is 44.5 Å². The van der Waals surface area contributed by atoms with Crippen molar-refractivity contribution in [3.05, 3.63) is 40.4 Å². The maximum absolute atomic E-state index is 9.38. The zero-order chi connectivity index (χ0) is 12.1. The Morgan fingerprint density at radius 2 is 2.19 bits per heavy atom. The van der Waals surface area contributed by atoms with Gasteiger partial charge in [0.25, 0.3) is 0 Å². The fourth-order valence-corrected chi connectivity index (χ4v) is 1.44. The van der Waals surface area contributed by atoms with Crippen LogP contribution in [0.3, 0.4) is 0 Å². The smallest absolute Gasteiger partial charge is 0.138 e. The highest BCUT2D eigenvalue weighted by molar-refractivity contribution is 6.32. The molecule has 1 atom stereocenters. The number of ether oxygens (including phenoxy) is 1. The maximum atomic E-state index is 9.38. The number of allylic oxidation sites excluding steroid dienone is 1. The van der Waals surface area contributed by atoms with E-state index in [1.54, 1.807) is 19.1 Å². The van der Waals surface area contributed by atoms with Gasteiger partial charge in [-0.1, -0.05) is 23.2 Å². The second-order valence-corrected chi connectivity index (χ2v) is 4.37. The van der Waals surface area contributed by atoms with Gasteiger partial charge in [0.15, 0.2) is 0 Å². The van der Waals surface area contributed by atoms with Crippen molar-refractivity contribution in [3.63, 3.8) is 0 Å². The first kappa shape index (κ1) is 13.1. The van der Waals surface area contributed by atoms with E-state index in [1.807, 2.05) is 26.0 Å². The van der Waals surface area contributed by atoms with E-state index in [4.69, 9.17) is 16.3 Å².